The Bertz CT molecular complexity index is 1290. The van der Waals surface area contributed by atoms with Crippen molar-refractivity contribution < 1.29 is 22.8 Å². The van der Waals surface area contributed by atoms with Gasteiger partial charge in [-0.05, 0) is 49.4 Å². The minimum absolute atomic E-state index is 0.152. The highest BCUT2D eigenvalue weighted by atomic mass is 32.2. The van der Waals surface area contributed by atoms with Gasteiger partial charge in [-0.3, -0.25) is 14.5 Å². The van der Waals surface area contributed by atoms with Crippen LogP contribution in [-0.2, 0) is 31.6 Å². The molecule has 2 aromatic rings. The predicted octanol–water partition coefficient (Wildman–Crippen LogP) is 1.61. The van der Waals surface area contributed by atoms with Crippen LogP contribution in [0.2, 0.25) is 0 Å². The Morgan fingerprint density at radius 1 is 1.00 bits per heavy atom. The van der Waals surface area contributed by atoms with Gasteiger partial charge >= 0.3 is 6.03 Å². The van der Waals surface area contributed by atoms with Gasteiger partial charge in [0, 0.05) is 26.2 Å². The molecule has 0 aromatic heterocycles. The Morgan fingerprint density at radius 3 is 2.40 bits per heavy atom. The van der Waals surface area contributed by atoms with Crippen molar-refractivity contribution in [3.8, 4) is 0 Å². The van der Waals surface area contributed by atoms with Crippen molar-refractivity contribution in [2.24, 2.45) is 0 Å². The van der Waals surface area contributed by atoms with E-state index in [4.69, 9.17) is 0 Å². The first-order valence-corrected chi connectivity index (χ1v) is 13.2. The first kappa shape index (κ1) is 23.5. The monoisotopic (exact) mass is 496 g/mol. The number of carbonyl (C=O) groups excluding carboxylic acids is 3. The average Bonchev–Trinajstić information content (AvgIpc) is 3.09. The summed E-state index contributed by atoms with van der Waals surface area (Å²) in [5.41, 5.74) is 1.69. The van der Waals surface area contributed by atoms with E-state index in [0.717, 1.165) is 34.4 Å². The summed E-state index contributed by atoms with van der Waals surface area (Å²) in [7, 11) is -3.65. The number of sulfonamides is 1. The molecule has 2 aliphatic heterocycles. The molecule has 3 aliphatic rings. The number of aryl methyl sites for hydroxylation is 2. The Kier molecular flexibility index (Phi) is 5.88. The van der Waals surface area contributed by atoms with Crippen molar-refractivity contribution in [3.05, 3.63) is 65.2 Å². The molecule has 9 nitrogen and oxygen atoms in total. The van der Waals surface area contributed by atoms with Gasteiger partial charge in [0.15, 0.2) is 0 Å². The minimum atomic E-state index is -3.65. The maximum atomic E-state index is 13.4. The first-order valence-electron chi connectivity index (χ1n) is 11.8. The number of rotatable bonds is 4. The van der Waals surface area contributed by atoms with Gasteiger partial charge in [0.05, 0.1) is 4.90 Å². The van der Waals surface area contributed by atoms with Crippen molar-refractivity contribution >= 4 is 27.9 Å². The van der Waals surface area contributed by atoms with Gasteiger partial charge in [-0.2, -0.15) is 4.31 Å². The number of piperazine rings is 1. The molecule has 0 bridgehead atoms. The molecule has 1 atom stereocenters. The summed E-state index contributed by atoms with van der Waals surface area (Å²) in [6, 6.07) is 13.7. The molecule has 1 spiro atoms. The van der Waals surface area contributed by atoms with Gasteiger partial charge in [-0.25, -0.2) is 13.2 Å². The molecular formula is C25H28N4O5S. The first-order chi connectivity index (χ1) is 16.7. The second-order valence-corrected chi connectivity index (χ2v) is 11.3. The molecule has 2 fully saturated rings. The van der Waals surface area contributed by atoms with Gasteiger partial charge in [0.1, 0.15) is 12.1 Å². The lowest BCUT2D eigenvalue weighted by molar-refractivity contribution is -0.140. The van der Waals surface area contributed by atoms with Crippen molar-refractivity contribution in [3.63, 3.8) is 0 Å². The van der Waals surface area contributed by atoms with Crippen LogP contribution in [0.1, 0.15) is 29.5 Å². The molecule has 2 saturated heterocycles. The normalized spacial score (nSPS) is 22.9. The zero-order chi connectivity index (χ0) is 24.8. The van der Waals surface area contributed by atoms with Crippen LogP contribution >= 0.6 is 0 Å². The number of nitrogens with one attached hydrogen (secondary N) is 1. The molecule has 0 radical (unpaired) electrons. The maximum absolute atomic E-state index is 13.4. The lowest BCUT2D eigenvalue weighted by atomic mass is 9.76. The van der Waals surface area contributed by atoms with Crippen molar-refractivity contribution in [1.29, 1.82) is 0 Å². The predicted molar refractivity (Wildman–Crippen MR) is 128 cm³/mol. The van der Waals surface area contributed by atoms with Crippen LogP contribution in [0.15, 0.2) is 53.4 Å². The summed E-state index contributed by atoms with van der Waals surface area (Å²) in [6.07, 6.45) is 2.10. The molecule has 0 saturated carbocycles. The highest BCUT2D eigenvalue weighted by molar-refractivity contribution is 7.89. The fraction of sp³-hybridized carbons (Fsp3) is 0.400. The van der Waals surface area contributed by atoms with Crippen LogP contribution in [0.25, 0.3) is 0 Å². The Balaban J connectivity index is 1.25. The molecule has 2 aromatic carbocycles. The lowest BCUT2D eigenvalue weighted by Gasteiger charge is -2.35. The summed E-state index contributed by atoms with van der Waals surface area (Å²) >= 11 is 0. The molecule has 2 heterocycles. The Hall–Kier alpha value is -3.24. The SMILES string of the molecule is Cc1ccc(S(=O)(=O)N2CCN(C(=O)CN3C(=O)N[C@@]4(CCCc5ccccc54)C3=O)CC2)cc1. The molecule has 184 valence electrons. The van der Waals surface area contributed by atoms with E-state index in [9.17, 15) is 22.8 Å². The highest BCUT2D eigenvalue weighted by Crippen LogP contribution is 2.39. The van der Waals surface area contributed by atoms with E-state index >= 15 is 0 Å². The van der Waals surface area contributed by atoms with E-state index in [1.54, 1.807) is 24.3 Å². The lowest BCUT2D eigenvalue weighted by Crippen LogP contribution is -2.53. The highest BCUT2D eigenvalue weighted by Gasteiger charge is 2.54. The zero-order valence-corrected chi connectivity index (χ0v) is 20.4. The number of amides is 4. The van der Waals surface area contributed by atoms with Crippen molar-refractivity contribution in [1.82, 2.24) is 19.4 Å². The van der Waals surface area contributed by atoms with Crippen LogP contribution in [0.4, 0.5) is 4.79 Å². The third kappa shape index (κ3) is 4.00. The molecule has 35 heavy (non-hydrogen) atoms. The van der Waals surface area contributed by atoms with Gasteiger partial charge in [0.2, 0.25) is 15.9 Å². The average molecular weight is 497 g/mol. The number of urea groups is 1. The molecule has 5 rings (SSSR count). The number of imide groups is 1. The van der Waals surface area contributed by atoms with Crippen LogP contribution in [0, 0.1) is 6.92 Å². The number of carbonyl (C=O) groups is 3. The second-order valence-electron chi connectivity index (χ2n) is 9.34. The third-order valence-corrected chi connectivity index (χ3v) is 9.11. The molecule has 0 unspecified atom stereocenters. The fourth-order valence-corrected chi connectivity index (χ4v) is 6.65. The molecule has 4 amide bonds. The summed E-state index contributed by atoms with van der Waals surface area (Å²) in [6.45, 7) is 2.22. The van der Waals surface area contributed by atoms with Crippen LogP contribution in [-0.4, -0.2) is 73.1 Å². The van der Waals surface area contributed by atoms with E-state index in [0.29, 0.717) is 6.42 Å². The quantitative estimate of drug-likeness (QED) is 0.648. The second kappa shape index (κ2) is 8.76. The Labute approximate surface area is 204 Å². The van der Waals surface area contributed by atoms with E-state index in [2.05, 4.69) is 5.32 Å². The number of benzene rings is 2. The van der Waals surface area contributed by atoms with Crippen molar-refractivity contribution in [2.45, 2.75) is 36.6 Å². The van der Waals surface area contributed by atoms with Crippen molar-refractivity contribution in [2.75, 3.05) is 32.7 Å². The summed E-state index contributed by atoms with van der Waals surface area (Å²) in [5.74, 6) is -0.773. The summed E-state index contributed by atoms with van der Waals surface area (Å²) in [5, 5.41) is 2.86. The van der Waals surface area contributed by atoms with Gasteiger partial charge in [-0.15, -0.1) is 0 Å². The van der Waals surface area contributed by atoms with E-state index < -0.39 is 27.5 Å². The number of fused-ring (bicyclic) bond motifs is 2. The van der Waals surface area contributed by atoms with Crippen LogP contribution in [0.5, 0.6) is 0 Å². The molecule has 1 aliphatic carbocycles. The van der Waals surface area contributed by atoms with E-state index in [-0.39, 0.29) is 43.5 Å². The smallest absolute Gasteiger partial charge is 0.325 e. The number of nitrogens with zero attached hydrogens (tertiary/aromatic N) is 3. The third-order valence-electron chi connectivity index (χ3n) is 7.19. The van der Waals surface area contributed by atoms with Gasteiger partial charge in [-0.1, -0.05) is 42.0 Å². The molecule has 10 heteroatoms. The number of hydrogen-bond acceptors (Lipinski definition) is 5. The molecule has 1 N–H and O–H groups in total. The fourth-order valence-electron chi connectivity index (χ4n) is 5.23. The summed E-state index contributed by atoms with van der Waals surface area (Å²) < 4.78 is 27.2. The minimum Gasteiger partial charge on any atom is -0.338 e. The summed E-state index contributed by atoms with van der Waals surface area (Å²) in [4.78, 5) is 42.0. The zero-order valence-electron chi connectivity index (χ0n) is 19.6. The molecular weight excluding hydrogens is 468 g/mol. The van der Waals surface area contributed by atoms with Crippen LogP contribution < -0.4 is 5.32 Å². The standard InChI is InChI=1S/C25H28N4O5S/c1-18-8-10-20(11-9-18)35(33,34)28-15-13-27(14-16-28)22(30)17-29-23(31)25(26-24(29)32)12-4-6-19-5-2-3-7-21(19)25/h2-3,5,7-11H,4,6,12-17H2,1H3,(H,26,32)/t25-/m1/s1. The number of hydrogen-bond donors (Lipinski definition) is 1. The van der Waals surface area contributed by atoms with Gasteiger partial charge < -0.3 is 10.2 Å². The van der Waals surface area contributed by atoms with Crippen LogP contribution in [0.3, 0.4) is 0 Å². The maximum Gasteiger partial charge on any atom is 0.325 e. The van der Waals surface area contributed by atoms with E-state index in [1.807, 2.05) is 31.2 Å². The van der Waals surface area contributed by atoms with E-state index in [1.165, 1.54) is 9.21 Å². The van der Waals surface area contributed by atoms with Gasteiger partial charge in [0.25, 0.3) is 5.91 Å². The largest absolute Gasteiger partial charge is 0.338 e. The Morgan fingerprint density at radius 2 is 1.69 bits per heavy atom. The topological polar surface area (TPSA) is 107 Å².